The highest BCUT2D eigenvalue weighted by Gasteiger charge is 2.28. The second-order valence-corrected chi connectivity index (χ2v) is 6.70. The Morgan fingerprint density at radius 1 is 1.29 bits per heavy atom. The molecule has 1 saturated heterocycles. The Morgan fingerprint density at radius 2 is 2.07 bits per heavy atom. The molecule has 0 unspecified atom stereocenters. The fraction of sp³-hybridized carbons (Fsp3) is 0.450. The summed E-state index contributed by atoms with van der Waals surface area (Å²) in [6, 6.07) is 7.25. The van der Waals surface area contributed by atoms with Crippen molar-refractivity contribution < 1.29 is 28.3 Å². The summed E-state index contributed by atoms with van der Waals surface area (Å²) in [5.74, 6) is -1.82. The van der Waals surface area contributed by atoms with Crippen molar-refractivity contribution in [1.82, 2.24) is 4.90 Å². The maximum absolute atomic E-state index is 12.5. The normalized spacial score (nSPS) is 16.9. The first kappa shape index (κ1) is 19.9. The molecule has 0 radical (unpaired) electrons. The largest absolute Gasteiger partial charge is 0.450 e. The third-order valence-corrected chi connectivity index (χ3v) is 4.84. The van der Waals surface area contributed by atoms with E-state index >= 15 is 0 Å². The second kappa shape index (κ2) is 8.88. The van der Waals surface area contributed by atoms with E-state index in [0.717, 1.165) is 5.39 Å². The molecule has 8 heteroatoms. The molecular weight excluding hydrogens is 364 g/mol. The quantitative estimate of drug-likeness (QED) is 0.725. The molecule has 1 aliphatic heterocycles. The number of nitrogens with zero attached hydrogens (tertiary/aromatic N) is 1. The summed E-state index contributed by atoms with van der Waals surface area (Å²) in [5, 5.41) is 0.773. The number of carbonyl (C=O) groups excluding carboxylic acids is 3. The van der Waals surface area contributed by atoms with Gasteiger partial charge in [0, 0.05) is 30.6 Å². The summed E-state index contributed by atoms with van der Waals surface area (Å²) >= 11 is 0. The fourth-order valence-electron chi connectivity index (χ4n) is 3.33. The molecule has 0 aliphatic carbocycles. The van der Waals surface area contributed by atoms with Crippen LogP contribution in [0.15, 0.2) is 28.7 Å². The van der Waals surface area contributed by atoms with Gasteiger partial charge in [0.05, 0.1) is 12.5 Å². The Bertz CT molecular complexity index is 875. The van der Waals surface area contributed by atoms with Gasteiger partial charge in [-0.2, -0.15) is 0 Å². The molecule has 1 aliphatic rings. The number of hydrogen-bond acceptors (Lipinski definition) is 6. The Balaban J connectivity index is 1.67. The molecule has 1 aromatic heterocycles. The number of amides is 2. The van der Waals surface area contributed by atoms with Crippen LogP contribution in [0, 0.1) is 5.92 Å². The Morgan fingerprint density at radius 3 is 2.82 bits per heavy atom. The lowest BCUT2D eigenvalue weighted by atomic mass is 9.97. The summed E-state index contributed by atoms with van der Waals surface area (Å²) < 4.78 is 16.3. The van der Waals surface area contributed by atoms with Gasteiger partial charge in [0.15, 0.2) is 6.61 Å². The average molecular weight is 388 g/mol. The molecule has 1 atom stereocenters. The van der Waals surface area contributed by atoms with Crippen LogP contribution in [0.5, 0.6) is 0 Å². The van der Waals surface area contributed by atoms with Crippen LogP contribution >= 0.6 is 0 Å². The monoisotopic (exact) mass is 388 g/mol. The maximum Gasteiger partial charge on any atom is 0.375 e. The number of piperidine rings is 1. The zero-order valence-electron chi connectivity index (χ0n) is 15.8. The van der Waals surface area contributed by atoms with E-state index in [4.69, 9.17) is 19.6 Å². The molecule has 8 nitrogen and oxygen atoms in total. The van der Waals surface area contributed by atoms with E-state index in [9.17, 15) is 14.4 Å². The number of esters is 1. The van der Waals surface area contributed by atoms with E-state index in [-0.39, 0.29) is 30.7 Å². The van der Waals surface area contributed by atoms with Crippen LogP contribution in [0.4, 0.5) is 0 Å². The van der Waals surface area contributed by atoms with Crippen LogP contribution in [0.2, 0.25) is 0 Å². The molecule has 28 heavy (non-hydrogen) atoms. The highest BCUT2D eigenvalue weighted by molar-refractivity contribution is 5.97. The molecule has 2 amide bonds. The molecule has 2 N–H and O–H groups in total. The highest BCUT2D eigenvalue weighted by atomic mass is 16.5. The van der Waals surface area contributed by atoms with Crippen molar-refractivity contribution in [2.45, 2.75) is 26.4 Å². The van der Waals surface area contributed by atoms with Crippen LogP contribution < -0.4 is 5.73 Å². The summed E-state index contributed by atoms with van der Waals surface area (Å²) in [7, 11) is 0. The average Bonchev–Trinajstić information content (AvgIpc) is 3.09. The number of likely N-dealkylation sites (tertiary alicyclic amines) is 1. The number of nitrogens with two attached hydrogens (primary N) is 1. The Hall–Kier alpha value is -2.87. The van der Waals surface area contributed by atoms with Gasteiger partial charge < -0.3 is 24.5 Å². The Labute approximate surface area is 162 Å². The number of rotatable bonds is 7. The second-order valence-electron chi connectivity index (χ2n) is 6.70. The first-order valence-corrected chi connectivity index (χ1v) is 9.33. The van der Waals surface area contributed by atoms with Gasteiger partial charge in [-0.25, -0.2) is 4.79 Å². The van der Waals surface area contributed by atoms with Gasteiger partial charge in [0.1, 0.15) is 5.58 Å². The number of benzene rings is 1. The van der Waals surface area contributed by atoms with Crippen LogP contribution in [0.25, 0.3) is 11.0 Å². The third kappa shape index (κ3) is 4.33. The van der Waals surface area contributed by atoms with E-state index in [0.29, 0.717) is 37.1 Å². The molecule has 0 saturated carbocycles. The van der Waals surface area contributed by atoms with E-state index in [1.165, 1.54) is 4.90 Å². The molecule has 1 aromatic carbocycles. The number of ether oxygens (including phenoxy) is 2. The molecule has 2 heterocycles. The predicted molar refractivity (Wildman–Crippen MR) is 100 cm³/mol. The van der Waals surface area contributed by atoms with Crippen molar-refractivity contribution in [1.29, 1.82) is 0 Å². The summed E-state index contributed by atoms with van der Waals surface area (Å²) in [6.07, 6.45) is 1.36. The van der Waals surface area contributed by atoms with Gasteiger partial charge in [0.25, 0.3) is 5.91 Å². The minimum Gasteiger partial charge on any atom is -0.450 e. The van der Waals surface area contributed by atoms with Crippen molar-refractivity contribution in [3.05, 3.63) is 35.6 Å². The molecule has 1 fully saturated rings. The minimum absolute atomic E-state index is 0.0381. The molecule has 0 spiro atoms. The fourth-order valence-corrected chi connectivity index (χ4v) is 3.33. The van der Waals surface area contributed by atoms with Crippen molar-refractivity contribution in [3.8, 4) is 0 Å². The zero-order valence-corrected chi connectivity index (χ0v) is 15.8. The lowest BCUT2D eigenvalue weighted by molar-refractivity contribution is -0.137. The summed E-state index contributed by atoms with van der Waals surface area (Å²) in [5.41, 5.74) is 6.49. The van der Waals surface area contributed by atoms with Crippen LogP contribution in [-0.2, 0) is 25.7 Å². The lowest BCUT2D eigenvalue weighted by Gasteiger charge is -2.30. The third-order valence-electron chi connectivity index (χ3n) is 4.84. The Kier molecular flexibility index (Phi) is 6.30. The molecule has 150 valence electrons. The maximum atomic E-state index is 12.5. The number of hydrogen-bond donors (Lipinski definition) is 1. The summed E-state index contributed by atoms with van der Waals surface area (Å²) in [6.45, 7) is 2.90. The SMILES string of the molecule is CCOCc1c(C(=O)OCC(=O)N2CCC[C@H](C(N)=O)C2)oc2ccccc12. The molecule has 2 aromatic rings. The van der Waals surface area contributed by atoms with E-state index in [1.807, 2.05) is 19.1 Å². The number of primary amides is 1. The first-order valence-electron chi connectivity index (χ1n) is 9.33. The zero-order chi connectivity index (χ0) is 20.1. The predicted octanol–water partition coefficient (Wildman–Crippen LogP) is 1.85. The highest BCUT2D eigenvalue weighted by Crippen LogP contribution is 2.27. The smallest absolute Gasteiger partial charge is 0.375 e. The molecule has 0 bridgehead atoms. The number of fused-ring (bicyclic) bond motifs is 1. The van der Waals surface area contributed by atoms with Gasteiger partial charge >= 0.3 is 5.97 Å². The number of carbonyl (C=O) groups is 3. The number of furan rings is 1. The van der Waals surface area contributed by atoms with Gasteiger partial charge in [-0.3, -0.25) is 9.59 Å². The van der Waals surface area contributed by atoms with E-state index in [2.05, 4.69) is 0 Å². The van der Waals surface area contributed by atoms with Gasteiger partial charge in [-0.15, -0.1) is 0 Å². The number of para-hydroxylation sites is 1. The van der Waals surface area contributed by atoms with E-state index in [1.54, 1.807) is 12.1 Å². The van der Waals surface area contributed by atoms with Crippen LogP contribution in [0.1, 0.15) is 35.9 Å². The first-order chi connectivity index (χ1) is 13.5. The topological polar surface area (TPSA) is 112 Å². The van der Waals surface area contributed by atoms with Crippen molar-refractivity contribution in [2.24, 2.45) is 11.7 Å². The van der Waals surface area contributed by atoms with Gasteiger partial charge in [-0.1, -0.05) is 18.2 Å². The molecular formula is C20H24N2O6. The van der Waals surface area contributed by atoms with Crippen molar-refractivity contribution in [2.75, 3.05) is 26.3 Å². The van der Waals surface area contributed by atoms with Crippen molar-refractivity contribution in [3.63, 3.8) is 0 Å². The van der Waals surface area contributed by atoms with Gasteiger partial charge in [0.2, 0.25) is 11.7 Å². The van der Waals surface area contributed by atoms with Crippen LogP contribution in [-0.4, -0.2) is 49.0 Å². The minimum atomic E-state index is -0.720. The lowest BCUT2D eigenvalue weighted by Crippen LogP contribution is -2.45. The van der Waals surface area contributed by atoms with Crippen molar-refractivity contribution >= 4 is 28.8 Å². The van der Waals surface area contributed by atoms with Crippen LogP contribution in [0.3, 0.4) is 0 Å². The van der Waals surface area contributed by atoms with E-state index < -0.39 is 18.5 Å². The standard InChI is InChI=1S/C20H24N2O6/c1-2-26-11-15-14-7-3-4-8-16(14)28-18(15)20(25)27-12-17(23)22-9-5-6-13(10-22)19(21)24/h3-4,7-8,13H,2,5-6,9-12H2,1H3,(H2,21,24)/t13-/m0/s1. The summed E-state index contributed by atoms with van der Waals surface area (Å²) in [4.78, 5) is 37.8. The molecule has 3 rings (SSSR count). The van der Waals surface area contributed by atoms with Gasteiger partial charge in [-0.05, 0) is 25.8 Å².